The summed E-state index contributed by atoms with van der Waals surface area (Å²) in [7, 11) is 0. The molecule has 1 aromatic carbocycles. The van der Waals surface area contributed by atoms with Crippen LogP contribution in [0.25, 0.3) is 0 Å². The van der Waals surface area contributed by atoms with Crippen LogP contribution in [0.5, 0.6) is 5.75 Å². The predicted octanol–water partition coefficient (Wildman–Crippen LogP) is 1.79. The molecule has 1 unspecified atom stereocenters. The fraction of sp³-hybridized carbons (Fsp3) is 0.467. The largest absolute Gasteiger partial charge is 0.494 e. The molecule has 5 nitrogen and oxygen atoms in total. The molecule has 0 radical (unpaired) electrons. The molecular weight excluding hydrogens is 256 g/mol. The summed E-state index contributed by atoms with van der Waals surface area (Å²) >= 11 is 0. The van der Waals surface area contributed by atoms with Gasteiger partial charge in [-0.25, -0.2) is 0 Å². The molecule has 1 heterocycles. The van der Waals surface area contributed by atoms with Crippen LogP contribution in [0.3, 0.4) is 0 Å². The van der Waals surface area contributed by atoms with Gasteiger partial charge in [0.2, 0.25) is 5.91 Å². The number of carbonyl (C=O) groups excluding carboxylic acids is 2. The maximum absolute atomic E-state index is 12.2. The molecular formula is C15H18N2O3. The zero-order valence-electron chi connectivity index (χ0n) is 11.5. The zero-order chi connectivity index (χ0) is 14.1. The number of ether oxygens (including phenoxy) is 1. The molecule has 20 heavy (non-hydrogen) atoms. The minimum Gasteiger partial charge on any atom is -0.494 e. The molecule has 1 aliphatic carbocycles. The van der Waals surface area contributed by atoms with Gasteiger partial charge in [-0.2, -0.15) is 0 Å². The Morgan fingerprint density at radius 1 is 1.35 bits per heavy atom. The Bertz CT molecular complexity index is 540. The van der Waals surface area contributed by atoms with Crippen LogP contribution in [0.2, 0.25) is 0 Å². The van der Waals surface area contributed by atoms with Gasteiger partial charge < -0.3 is 10.1 Å². The van der Waals surface area contributed by atoms with Gasteiger partial charge in [0.15, 0.2) is 0 Å². The molecule has 1 N–H and O–H groups in total. The minimum absolute atomic E-state index is 0.0593. The molecule has 0 aromatic heterocycles. The first kappa shape index (κ1) is 13.0. The van der Waals surface area contributed by atoms with Crippen molar-refractivity contribution < 1.29 is 14.3 Å². The van der Waals surface area contributed by atoms with E-state index in [-0.39, 0.29) is 24.3 Å². The van der Waals surface area contributed by atoms with Gasteiger partial charge >= 0.3 is 0 Å². The number of benzene rings is 1. The Kier molecular flexibility index (Phi) is 3.34. The van der Waals surface area contributed by atoms with Gasteiger partial charge in [-0.3, -0.25) is 14.5 Å². The van der Waals surface area contributed by atoms with Crippen molar-refractivity contribution in [2.75, 3.05) is 11.9 Å². The molecule has 0 bridgehead atoms. The smallest absolute Gasteiger partial charge is 0.252 e. The van der Waals surface area contributed by atoms with Crippen molar-refractivity contribution in [1.29, 1.82) is 0 Å². The first-order valence-corrected chi connectivity index (χ1v) is 7.04. The monoisotopic (exact) mass is 274 g/mol. The summed E-state index contributed by atoms with van der Waals surface area (Å²) in [6.07, 6.45) is 2.14. The second kappa shape index (κ2) is 5.15. The Labute approximate surface area is 117 Å². The van der Waals surface area contributed by atoms with E-state index in [1.54, 1.807) is 0 Å². The lowest BCUT2D eigenvalue weighted by Gasteiger charge is -2.15. The lowest BCUT2D eigenvalue weighted by atomic mass is 10.2. The first-order valence-electron chi connectivity index (χ1n) is 7.04. The Balaban J connectivity index is 1.70. The molecule has 1 aliphatic heterocycles. The number of amides is 2. The van der Waals surface area contributed by atoms with E-state index in [9.17, 15) is 9.59 Å². The van der Waals surface area contributed by atoms with Crippen LogP contribution in [-0.4, -0.2) is 35.4 Å². The van der Waals surface area contributed by atoms with Gasteiger partial charge in [0.05, 0.1) is 13.0 Å². The van der Waals surface area contributed by atoms with E-state index >= 15 is 0 Å². The van der Waals surface area contributed by atoms with Crippen molar-refractivity contribution in [1.82, 2.24) is 4.90 Å². The summed E-state index contributed by atoms with van der Waals surface area (Å²) < 4.78 is 5.43. The van der Waals surface area contributed by atoms with Crippen LogP contribution >= 0.6 is 0 Å². The van der Waals surface area contributed by atoms with Gasteiger partial charge in [0, 0.05) is 17.8 Å². The number of rotatable bonds is 5. The van der Waals surface area contributed by atoms with Crippen molar-refractivity contribution >= 4 is 17.5 Å². The van der Waals surface area contributed by atoms with Gasteiger partial charge in [-0.1, -0.05) is 6.07 Å². The van der Waals surface area contributed by atoms with Crippen LogP contribution in [0, 0.1) is 0 Å². The number of likely N-dealkylation sites (tertiary alicyclic amines) is 1. The van der Waals surface area contributed by atoms with E-state index in [1.807, 2.05) is 31.2 Å². The molecule has 1 aromatic rings. The van der Waals surface area contributed by atoms with Crippen LogP contribution < -0.4 is 10.1 Å². The number of nitrogens with one attached hydrogen (secondary N) is 1. The van der Waals surface area contributed by atoms with Crippen LogP contribution in [-0.2, 0) is 9.59 Å². The number of hydrogen-bond donors (Lipinski definition) is 1. The molecule has 2 fully saturated rings. The average Bonchev–Trinajstić information content (AvgIpc) is 3.19. The standard InChI is InChI=1S/C15H18N2O3/c1-2-20-12-5-3-4-10(8-12)16-13-9-14(18)17(15(13)19)11-6-7-11/h3-5,8,11,13,16H,2,6-7,9H2,1H3. The van der Waals surface area contributed by atoms with Crippen LogP contribution in [0.4, 0.5) is 5.69 Å². The molecule has 1 saturated carbocycles. The van der Waals surface area contributed by atoms with E-state index in [1.165, 1.54) is 4.90 Å². The van der Waals surface area contributed by atoms with Crippen LogP contribution in [0.1, 0.15) is 26.2 Å². The number of hydrogen-bond acceptors (Lipinski definition) is 4. The van der Waals surface area contributed by atoms with Crippen molar-refractivity contribution in [3.63, 3.8) is 0 Å². The van der Waals surface area contributed by atoms with E-state index in [2.05, 4.69) is 5.32 Å². The van der Waals surface area contributed by atoms with E-state index < -0.39 is 6.04 Å². The summed E-state index contributed by atoms with van der Waals surface area (Å²) in [6, 6.07) is 7.16. The number of imide groups is 1. The normalized spacial score (nSPS) is 22.2. The highest BCUT2D eigenvalue weighted by atomic mass is 16.5. The van der Waals surface area contributed by atoms with Crippen molar-refractivity contribution in [2.45, 2.75) is 38.3 Å². The lowest BCUT2D eigenvalue weighted by molar-refractivity contribution is -0.139. The minimum atomic E-state index is -0.444. The molecule has 5 heteroatoms. The average molecular weight is 274 g/mol. The summed E-state index contributed by atoms with van der Waals surface area (Å²) in [5, 5.41) is 3.14. The van der Waals surface area contributed by atoms with Crippen molar-refractivity contribution in [2.24, 2.45) is 0 Å². The SMILES string of the molecule is CCOc1cccc(NC2CC(=O)N(C3CC3)C2=O)c1. The van der Waals surface area contributed by atoms with E-state index in [0.29, 0.717) is 6.61 Å². The van der Waals surface area contributed by atoms with Crippen molar-refractivity contribution in [3.05, 3.63) is 24.3 Å². The molecule has 2 amide bonds. The highest BCUT2D eigenvalue weighted by Gasteiger charge is 2.46. The molecule has 3 rings (SSSR count). The third-order valence-electron chi connectivity index (χ3n) is 3.58. The topological polar surface area (TPSA) is 58.6 Å². The third kappa shape index (κ3) is 2.48. The molecule has 2 aliphatic rings. The zero-order valence-corrected chi connectivity index (χ0v) is 11.5. The van der Waals surface area contributed by atoms with Crippen molar-refractivity contribution in [3.8, 4) is 5.75 Å². The Morgan fingerprint density at radius 3 is 2.85 bits per heavy atom. The third-order valence-corrected chi connectivity index (χ3v) is 3.58. The second-order valence-electron chi connectivity index (χ2n) is 5.20. The summed E-state index contributed by atoms with van der Waals surface area (Å²) in [6.45, 7) is 2.52. The fourth-order valence-corrected chi connectivity index (χ4v) is 2.52. The van der Waals surface area contributed by atoms with Gasteiger partial charge in [0.1, 0.15) is 11.8 Å². The quantitative estimate of drug-likeness (QED) is 0.832. The molecule has 106 valence electrons. The predicted molar refractivity (Wildman–Crippen MR) is 74.5 cm³/mol. The maximum atomic E-state index is 12.2. The van der Waals surface area contributed by atoms with Gasteiger partial charge in [-0.05, 0) is 31.9 Å². The molecule has 0 spiro atoms. The number of anilines is 1. The number of nitrogens with zero attached hydrogens (tertiary/aromatic N) is 1. The molecule has 1 atom stereocenters. The summed E-state index contributed by atoms with van der Waals surface area (Å²) in [5.41, 5.74) is 0.805. The number of carbonyl (C=O) groups is 2. The van der Waals surface area contributed by atoms with E-state index in [0.717, 1.165) is 24.3 Å². The highest BCUT2D eigenvalue weighted by Crippen LogP contribution is 2.32. The van der Waals surface area contributed by atoms with Gasteiger partial charge in [-0.15, -0.1) is 0 Å². The van der Waals surface area contributed by atoms with Crippen LogP contribution in [0.15, 0.2) is 24.3 Å². The summed E-state index contributed by atoms with van der Waals surface area (Å²) in [4.78, 5) is 25.5. The highest BCUT2D eigenvalue weighted by molar-refractivity contribution is 6.07. The second-order valence-corrected chi connectivity index (χ2v) is 5.20. The lowest BCUT2D eigenvalue weighted by Crippen LogP contribution is -2.36. The fourth-order valence-electron chi connectivity index (χ4n) is 2.52. The van der Waals surface area contributed by atoms with Gasteiger partial charge in [0.25, 0.3) is 5.91 Å². The van der Waals surface area contributed by atoms with E-state index in [4.69, 9.17) is 4.74 Å². The summed E-state index contributed by atoms with van der Waals surface area (Å²) in [5.74, 6) is 0.601. The first-order chi connectivity index (χ1) is 9.69. The Hall–Kier alpha value is -2.04. The maximum Gasteiger partial charge on any atom is 0.252 e. The Morgan fingerprint density at radius 2 is 2.15 bits per heavy atom. The molecule has 1 saturated heterocycles.